The normalized spacial score (nSPS) is 29.6. The molecule has 0 bridgehead atoms. The number of rotatable bonds is 5. The summed E-state index contributed by atoms with van der Waals surface area (Å²) in [6.07, 6.45) is 7.74. The minimum Gasteiger partial charge on any atom is -0.325 e. The van der Waals surface area contributed by atoms with Gasteiger partial charge in [0, 0.05) is 18.1 Å². The third kappa shape index (κ3) is 2.96. The first-order chi connectivity index (χ1) is 7.59. The molecule has 94 valence electrons. The molecule has 1 aliphatic heterocycles. The molecule has 3 nitrogen and oxygen atoms in total. The molecular weight excluding hydrogens is 198 g/mol. The first kappa shape index (κ1) is 12.3. The van der Waals surface area contributed by atoms with Crippen molar-refractivity contribution >= 4 is 0 Å². The Labute approximate surface area is 100.0 Å². The third-order valence-corrected chi connectivity index (χ3v) is 4.53. The fourth-order valence-electron chi connectivity index (χ4n) is 2.96. The SMILES string of the molecule is CN(CCC1(N)CCC1)CC1CCCN1C. The average molecular weight is 225 g/mol. The summed E-state index contributed by atoms with van der Waals surface area (Å²) in [5, 5.41) is 0. The maximum absolute atomic E-state index is 6.25. The molecule has 2 fully saturated rings. The van der Waals surface area contributed by atoms with Crippen molar-refractivity contribution in [3.05, 3.63) is 0 Å². The van der Waals surface area contributed by atoms with Crippen molar-refractivity contribution in [1.29, 1.82) is 0 Å². The van der Waals surface area contributed by atoms with Gasteiger partial charge < -0.3 is 15.5 Å². The highest BCUT2D eigenvalue weighted by molar-refractivity contribution is 4.93. The smallest absolute Gasteiger partial charge is 0.0220 e. The van der Waals surface area contributed by atoms with Crippen LogP contribution in [-0.4, -0.2) is 55.1 Å². The molecule has 1 saturated carbocycles. The molecule has 0 spiro atoms. The fourth-order valence-corrected chi connectivity index (χ4v) is 2.96. The van der Waals surface area contributed by atoms with Gasteiger partial charge in [-0.1, -0.05) is 0 Å². The zero-order valence-electron chi connectivity index (χ0n) is 10.9. The molecule has 3 heteroatoms. The lowest BCUT2D eigenvalue weighted by Crippen LogP contribution is -2.49. The van der Waals surface area contributed by atoms with Gasteiger partial charge in [0.2, 0.25) is 0 Å². The van der Waals surface area contributed by atoms with E-state index in [-0.39, 0.29) is 5.54 Å². The second-order valence-corrected chi connectivity index (χ2v) is 6.00. The number of likely N-dealkylation sites (tertiary alicyclic amines) is 1. The van der Waals surface area contributed by atoms with Crippen LogP contribution in [0.3, 0.4) is 0 Å². The van der Waals surface area contributed by atoms with E-state index in [2.05, 4.69) is 23.9 Å². The van der Waals surface area contributed by atoms with E-state index in [9.17, 15) is 0 Å². The Kier molecular flexibility index (Phi) is 3.88. The summed E-state index contributed by atoms with van der Waals surface area (Å²) in [6, 6.07) is 0.778. The highest BCUT2D eigenvalue weighted by atomic mass is 15.2. The van der Waals surface area contributed by atoms with E-state index >= 15 is 0 Å². The van der Waals surface area contributed by atoms with Crippen molar-refractivity contribution in [3.8, 4) is 0 Å². The van der Waals surface area contributed by atoms with Crippen molar-refractivity contribution in [1.82, 2.24) is 9.80 Å². The number of hydrogen-bond donors (Lipinski definition) is 1. The van der Waals surface area contributed by atoms with Gasteiger partial charge in [0.1, 0.15) is 0 Å². The molecular formula is C13H27N3. The molecule has 0 aromatic carbocycles. The van der Waals surface area contributed by atoms with Crippen LogP contribution in [0, 0.1) is 0 Å². The molecule has 2 rings (SSSR count). The first-order valence-electron chi connectivity index (χ1n) is 6.77. The highest BCUT2D eigenvalue weighted by Gasteiger charge is 2.32. The van der Waals surface area contributed by atoms with Crippen molar-refractivity contribution in [2.75, 3.05) is 33.7 Å². The summed E-state index contributed by atoms with van der Waals surface area (Å²) < 4.78 is 0. The highest BCUT2D eigenvalue weighted by Crippen LogP contribution is 2.32. The average Bonchev–Trinajstić information content (AvgIpc) is 2.59. The van der Waals surface area contributed by atoms with E-state index in [4.69, 9.17) is 5.73 Å². The molecule has 0 aromatic heterocycles. The number of nitrogens with two attached hydrogens (primary N) is 1. The molecule has 2 aliphatic rings. The monoisotopic (exact) mass is 225 g/mol. The van der Waals surface area contributed by atoms with E-state index in [0.29, 0.717) is 0 Å². The van der Waals surface area contributed by atoms with Crippen LogP contribution >= 0.6 is 0 Å². The topological polar surface area (TPSA) is 32.5 Å². The van der Waals surface area contributed by atoms with Crippen LogP contribution < -0.4 is 5.73 Å². The maximum atomic E-state index is 6.25. The van der Waals surface area contributed by atoms with Crippen LogP contribution in [0.5, 0.6) is 0 Å². The third-order valence-electron chi connectivity index (χ3n) is 4.53. The predicted molar refractivity (Wildman–Crippen MR) is 68.5 cm³/mol. The van der Waals surface area contributed by atoms with E-state index in [0.717, 1.165) is 6.04 Å². The van der Waals surface area contributed by atoms with E-state index in [1.165, 1.54) is 58.2 Å². The van der Waals surface area contributed by atoms with Gasteiger partial charge in [0.05, 0.1) is 0 Å². The molecule has 0 radical (unpaired) electrons. The molecule has 16 heavy (non-hydrogen) atoms. The van der Waals surface area contributed by atoms with Gasteiger partial charge in [-0.25, -0.2) is 0 Å². The minimum absolute atomic E-state index is 0.190. The van der Waals surface area contributed by atoms with Crippen molar-refractivity contribution < 1.29 is 0 Å². The lowest BCUT2D eigenvalue weighted by Gasteiger charge is -2.39. The molecule has 1 saturated heterocycles. The number of nitrogens with zero attached hydrogens (tertiary/aromatic N) is 2. The van der Waals surface area contributed by atoms with E-state index in [1.54, 1.807) is 0 Å². The molecule has 1 unspecified atom stereocenters. The summed E-state index contributed by atoms with van der Waals surface area (Å²) >= 11 is 0. The van der Waals surface area contributed by atoms with Gasteiger partial charge in [-0.3, -0.25) is 0 Å². The van der Waals surface area contributed by atoms with Crippen LogP contribution in [-0.2, 0) is 0 Å². The Morgan fingerprint density at radius 3 is 2.62 bits per heavy atom. The molecule has 2 N–H and O–H groups in total. The molecule has 0 aromatic rings. The number of likely N-dealkylation sites (N-methyl/N-ethyl adjacent to an activating group) is 2. The van der Waals surface area contributed by atoms with Crippen LogP contribution in [0.25, 0.3) is 0 Å². The standard InChI is InChI=1S/C13H27N3/c1-15(10-8-13(14)6-4-7-13)11-12-5-3-9-16(12)2/h12H,3-11,14H2,1-2H3. The zero-order chi connectivity index (χ0) is 11.6. The van der Waals surface area contributed by atoms with Crippen molar-refractivity contribution in [2.24, 2.45) is 5.73 Å². The second kappa shape index (κ2) is 5.03. The van der Waals surface area contributed by atoms with Crippen LogP contribution in [0.1, 0.15) is 38.5 Å². The number of hydrogen-bond acceptors (Lipinski definition) is 3. The fraction of sp³-hybridized carbons (Fsp3) is 1.00. The Morgan fingerprint density at radius 2 is 2.12 bits per heavy atom. The summed E-state index contributed by atoms with van der Waals surface area (Å²) in [4.78, 5) is 4.97. The maximum Gasteiger partial charge on any atom is 0.0220 e. The van der Waals surface area contributed by atoms with E-state index < -0.39 is 0 Å². The molecule has 1 atom stereocenters. The Balaban J connectivity index is 1.65. The van der Waals surface area contributed by atoms with Gasteiger partial charge >= 0.3 is 0 Å². The van der Waals surface area contributed by atoms with Gasteiger partial charge in [-0.15, -0.1) is 0 Å². The molecule has 1 aliphatic carbocycles. The molecule has 1 heterocycles. The lowest BCUT2D eigenvalue weighted by atomic mass is 9.75. The second-order valence-electron chi connectivity index (χ2n) is 6.00. The summed E-state index contributed by atoms with van der Waals surface area (Å²) in [7, 11) is 4.50. The first-order valence-corrected chi connectivity index (χ1v) is 6.77. The van der Waals surface area contributed by atoms with Gasteiger partial charge in [0.25, 0.3) is 0 Å². The van der Waals surface area contributed by atoms with Crippen molar-refractivity contribution in [3.63, 3.8) is 0 Å². The Hall–Kier alpha value is -0.120. The Bertz CT molecular complexity index is 225. The van der Waals surface area contributed by atoms with Crippen LogP contribution in [0.15, 0.2) is 0 Å². The van der Waals surface area contributed by atoms with Crippen molar-refractivity contribution in [2.45, 2.75) is 50.1 Å². The zero-order valence-corrected chi connectivity index (χ0v) is 10.9. The largest absolute Gasteiger partial charge is 0.325 e. The van der Waals surface area contributed by atoms with E-state index in [1.807, 2.05) is 0 Å². The van der Waals surface area contributed by atoms with Gasteiger partial charge in [-0.2, -0.15) is 0 Å². The van der Waals surface area contributed by atoms with Crippen LogP contribution in [0.2, 0.25) is 0 Å². The quantitative estimate of drug-likeness (QED) is 0.765. The lowest BCUT2D eigenvalue weighted by molar-refractivity contribution is 0.172. The minimum atomic E-state index is 0.190. The summed E-state index contributed by atoms with van der Waals surface area (Å²) in [5.74, 6) is 0. The van der Waals surface area contributed by atoms with Gasteiger partial charge in [0.15, 0.2) is 0 Å². The Morgan fingerprint density at radius 1 is 1.38 bits per heavy atom. The summed E-state index contributed by atoms with van der Waals surface area (Å²) in [6.45, 7) is 3.66. The molecule has 0 amide bonds. The summed E-state index contributed by atoms with van der Waals surface area (Å²) in [5.41, 5.74) is 6.44. The predicted octanol–water partition coefficient (Wildman–Crippen LogP) is 1.28. The van der Waals surface area contributed by atoms with Gasteiger partial charge in [-0.05, 0) is 65.7 Å². The van der Waals surface area contributed by atoms with Crippen LogP contribution in [0.4, 0.5) is 0 Å².